The minimum atomic E-state index is 0.379. The van der Waals surface area contributed by atoms with E-state index in [-0.39, 0.29) is 0 Å². The van der Waals surface area contributed by atoms with Gasteiger partial charge in [0.1, 0.15) is 11.3 Å². The van der Waals surface area contributed by atoms with Crippen LogP contribution < -0.4 is 0 Å². The lowest BCUT2D eigenvalue weighted by molar-refractivity contribution is 0.471. The maximum absolute atomic E-state index is 10.4. The van der Waals surface area contributed by atoms with Crippen molar-refractivity contribution in [1.82, 2.24) is 4.98 Å². The summed E-state index contributed by atoms with van der Waals surface area (Å²) in [5, 5.41) is 11.4. The third-order valence-electron chi connectivity index (χ3n) is 6.13. The van der Waals surface area contributed by atoms with E-state index in [1.807, 2.05) is 12.1 Å². The Morgan fingerprint density at radius 1 is 0.655 bits per heavy atom. The second kappa shape index (κ2) is 15.3. The normalized spacial score (nSPS) is 11.3. The third-order valence-corrected chi connectivity index (χ3v) is 6.13. The molecular formula is C27H43NO. The van der Waals surface area contributed by atoms with Crippen LogP contribution in [0.2, 0.25) is 0 Å². The number of phenols is 1. The Morgan fingerprint density at radius 2 is 1.17 bits per heavy atom. The van der Waals surface area contributed by atoms with E-state index >= 15 is 0 Å². The monoisotopic (exact) mass is 397 g/mol. The first-order chi connectivity index (χ1) is 14.3. The zero-order valence-corrected chi connectivity index (χ0v) is 18.8. The van der Waals surface area contributed by atoms with Gasteiger partial charge in [0.25, 0.3) is 0 Å². The van der Waals surface area contributed by atoms with Crippen molar-refractivity contribution < 1.29 is 5.11 Å². The predicted octanol–water partition coefficient (Wildman–Crippen LogP) is 8.74. The van der Waals surface area contributed by atoms with Gasteiger partial charge in [-0.2, -0.15) is 0 Å². The van der Waals surface area contributed by atoms with Crippen LogP contribution in [-0.2, 0) is 6.42 Å². The molecule has 0 spiro atoms. The van der Waals surface area contributed by atoms with Gasteiger partial charge in [-0.3, -0.25) is 4.98 Å². The van der Waals surface area contributed by atoms with E-state index in [4.69, 9.17) is 0 Å². The van der Waals surface area contributed by atoms with Crippen LogP contribution in [0.4, 0.5) is 0 Å². The van der Waals surface area contributed by atoms with Crippen molar-refractivity contribution >= 4 is 10.9 Å². The molecule has 0 unspecified atom stereocenters. The minimum Gasteiger partial charge on any atom is -0.505 e. The SMILES string of the molecule is CCCCCCCCCCCCCCCCCCc1ccc2cccnc2c1O. The summed E-state index contributed by atoms with van der Waals surface area (Å²) in [6.45, 7) is 2.29. The number of pyridine rings is 1. The van der Waals surface area contributed by atoms with Crippen molar-refractivity contribution in [2.75, 3.05) is 0 Å². The maximum atomic E-state index is 10.4. The highest BCUT2D eigenvalue weighted by Crippen LogP contribution is 2.28. The molecule has 0 radical (unpaired) electrons. The quantitative estimate of drug-likeness (QED) is 0.271. The van der Waals surface area contributed by atoms with E-state index in [2.05, 4.69) is 24.0 Å². The van der Waals surface area contributed by atoms with Gasteiger partial charge in [-0.15, -0.1) is 0 Å². The second-order valence-electron chi connectivity index (χ2n) is 8.70. The zero-order chi connectivity index (χ0) is 20.6. The van der Waals surface area contributed by atoms with E-state index in [1.54, 1.807) is 6.20 Å². The van der Waals surface area contributed by atoms with Crippen LogP contribution in [0, 0.1) is 0 Å². The molecule has 0 aliphatic rings. The average molecular weight is 398 g/mol. The summed E-state index contributed by atoms with van der Waals surface area (Å²) in [7, 11) is 0. The van der Waals surface area contributed by atoms with Gasteiger partial charge in [-0.05, 0) is 24.5 Å². The Hall–Kier alpha value is -1.57. The number of hydrogen-bond donors (Lipinski definition) is 1. The van der Waals surface area contributed by atoms with Crippen molar-refractivity contribution in [2.24, 2.45) is 0 Å². The second-order valence-corrected chi connectivity index (χ2v) is 8.70. The molecule has 0 saturated heterocycles. The standard InChI is InChI=1S/C27H43NO/c1-2-3-4-5-6-7-8-9-10-11-12-13-14-15-16-17-19-25-22-21-24-20-18-23-28-26(24)27(25)29/h18,20-23,29H,2-17,19H2,1H3. The van der Waals surface area contributed by atoms with Crippen molar-refractivity contribution in [2.45, 2.75) is 116 Å². The first kappa shape index (κ1) is 23.7. The van der Waals surface area contributed by atoms with Gasteiger partial charge < -0.3 is 5.11 Å². The lowest BCUT2D eigenvalue weighted by Crippen LogP contribution is -1.90. The van der Waals surface area contributed by atoms with Gasteiger partial charge in [0.05, 0.1) is 0 Å². The average Bonchev–Trinajstić information content (AvgIpc) is 2.75. The van der Waals surface area contributed by atoms with Crippen LogP contribution in [0.25, 0.3) is 10.9 Å². The molecule has 1 aromatic heterocycles. The first-order valence-corrected chi connectivity index (χ1v) is 12.4. The van der Waals surface area contributed by atoms with Crippen molar-refractivity contribution in [1.29, 1.82) is 0 Å². The highest BCUT2D eigenvalue weighted by Gasteiger charge is 2.06. The lowest BCUT2D eigenvalue weighted by Gasteiger charge is -2.07. The number of aryl methyl sites for hydroxylation is 1. The lowest BCUT2D eigenvalue weighted by atomic mass is 10.0. The molecule has 1 N–H and O–H groups in total. The number of nitrogens with zero attached hydrogens (tertiary/aromatic N) is 1. The molecule has 162 valence electrons. The molecule has 2 nitrogen and oxygen atoms in total. The van der Waals surface area contributed by atoms with Gasteiger partial charge in [-0.1, -0.05) is 121 Å². The summed E-state index contributed by atoms with van der Waals surface area (Å²) in [4.78, 5) is 4.32. The number of aromatic hydroxyl groups is 1. The fourth-order valence-electron chi connectivity index (χ4n) is 4.24. The molecule has 0 bridgehead atoms. The summed E-state index contributed by atoms with van der Waals surface area (Å²) in [5.74, 6) is 0.379. The van der Waals surface area contributed by atoms with Crippen molar-refractivity contribution in [3.05, 3.63) is 36.0 Å². The van der Waals surface area contributed by atoms with Crippen LogP contribution >= 0.6 is 0 Å². The number of rotatable bonds is 17. The summed E-state index contributed by atoms with van der Waals surface area (Å²) >= 11 is 0. The molecule has 1 aromatic carbocycles. The molecule has 2 heteroatoms. The molecule has 0 fully saturated rings. The molecule has 0 aliphatic carbocycles. The number of benzene rings is 1. The molecule has 0 saturated carbocycles. The highest BCUT2D eigenvalue weighted by atomic mass is 16.3. The number of fused-ring (bicyclic) bond motifs is 1. The van der Waals surface area contributed by atoms with Crippen LogP contribution in [-0.4, -0.2) is 10.1 Å². The molecule has 0 amide bonds. The van der Waals surface area contributed by atoms with Gasteiger partial charge in [0.15, 0.2) is 0 Å². The molecule has 2 aromatic rings. The van der Waals surface area contributed by atoms with E-state index < -0.39 is 0 Å². The molecule has 2 rings (SSSR count). The van der Waals surface area contributed by atoms with Gasteiger partial charge in [0.2, 0.25) is 0 Å². The Labute approximate surface area is 179 Å². The van der Waals surface area contributed by atoms with Crippen LogP contribution in [0.3, 0.4) is 0 Å². The van der Waals surface area contributed by atoms with E-state index in [9.17, 15) is 5.11 Å². The third kappa shape index (κ3) is 9.65. The fourth-order valence-corrected chi connectivity index (χ4v) is 4.24. The molecular weight excluding hydrogens is 354 g/mol. The van der Waals surface area contributed by atoms with E-state index in [0.717, 1.165) is 29.3 Å². The molecule has 0 aliphatic heterocycles. The summed E-state index contributed by atoms with van der Waals surface area (Å²) in [6.07, 6.45) is 24.9. The molecule has 0 atom stereocenters. The van der Waals surface area contributed by atoms with Gasteiger partial charge >= 0.3 is 0 Å². The van der Waals surface area contributed by atoms with E-state index in [0.29, 0.717) is 5.75 Å². The largest absolute Gasteiger partial charge is 0.505 e. The Bertz CT molecular complexity index is 667. The first-order valence-electron chi connectivity index (χ1n) is 12.4. The highest BCUT2D eigenvalue weighted by molar-refractivity contribution is 5.85. The summed E-state index contributed by atoms with van der Waals surface area (Å²) < 4.78 is 0. The number of phenolic OH excluding ortho intramolecular Hbond substituents is 1. The fraction of sp³-hybridized carbons (Fsp3) is 0.667. The van der Waals surface area contributed by atoms with Crippen LogP contribution in [0.1, 0.15) is 115 Å². The number of aromatic nitrogens is 1. The topological polar surface area (TPSA) is 33.1 Å². The Kier molecular flexibility index (Phi) is 12.5. The molecule has 29 heavy (non-hydrogen) atoms. The summed E-state index contributed by atoms with van der Waals surface area (Å²) in [5.41, 5.74) is 1.78. The van der Waals surface area contributed by atoms with Gasteiger partial charge in [-0.25, -0.2) is 0 Å². The van der Waals surface area contributed by atoms with Crippen LogP contribution in [0.15, 0.2) is 30.5 Å². The number of unbranched alkanes of at least 4 members (excludes halogenated alkanes) is 15. The van der Waals surface area contributed by atoms with Crippen molar-refractivity contribution in [3.63, 3.8) is 0 Å². The van der Waals surface area contributed by atoms with Gasteiger partial charge in [0, 0.05) is 11.6 Å². The minimum absolute atomic E-state index is 0.379. The van der Waals surface area contributed by atoms with Crippen molar-refractivity contribution in [3.8, 4) is 5.75 Å². The smallest absolute Gasteiger partial charge is 0.144 e. The zero-order valence-electron chi connectivity index (χ0n) is 18.8. The van der Waals surface area contributed by atoms with Crippen LogP contribution in [0.5, 0.6) is 5.75 Å². The Morgan fingerprint density at radius 3 is 1.72 bits per heavy atom. The van der Waals surface area contributed by atoms with E-state index in [1.165, 1.54) is 96.3 Å². The predicted molar refractivity (Wildman–Crippen MR) is 127 cm³/mol. The maximum Gasteiger partial charge on any atom is 0.144 e. The summed E-state index contributed by atoms with van der Waals surface area (Å²) in [6, 6.07) is 8.05. The Balaban J connectivity index is 1.40. The number of hydrogen-bond acceptors (Lipinski definition) is 2. The molecule has 1 heterocycles.